The van der Waals surface area contributed by atoms with Crippen molar-refractivity contribution < 1.29 is 9.18 Å². The van der Waals surface area contributed by atoms with Gasteiger partial charge in [0.15, 0.2) is 5.96 Å². The molecule has 1 amide bonds. The van der Waals surface area contributed by atoms with Crippen LogP contribution in [0.2, 0.25) is 0 Å². The summed E-state index contributed by atoms with van der Waals surface area (Å²) in [5.41, 5.74) is 4.47. The van der Waals surface area contributed by atoms with E-state index in [2.05, 4.69) is 51.0 Å². The highest BCUT2D eigenvalue weighted by molar-refractivity contribution is 5.94. The van der Waals surface area contributed by atoms with Gasteiger partial charge in [-0.25, -0.2) is 4.39 Å². The highest BCUT2D eigenvalue weighted by Crippen LogP contribution is 2.19. The molecule has 4 N–H and O–H groups in total. The number of carbonyl (C=O) groups is 1. The number of H-pyrrole nitrogens is 1. The van der Waals surface area contributed by atoms with Crippen LogP contribution in [0.4, 0.5) is 4.39 Å². The summed E-state index contributed by atoms with van der Waals surface area (Å²) in [5.74, 6) is -0.00903. The molecule has 6 nitrogen and oxygen atoms in total. The van der Waals surface area contributed by atoms with Gasteiger partial charge in [0, 0.05) is 49.3 Å². The first-order chi connectivity index (χ1) is 14.5. The fourth-order valence-electron chi connectivity index (χ4n) is 3.24. The van der Waals surface area contributed by atoms with Gasteiger partial charge in [-0.15, -0.1) is 0 Å². The lowest BCUT2D eigenvalue weighted by Gasteiger charge is -2.12. The van der Waals surface area contributed by atoms with E-state index in [4.69, 9.17) is 0 Å². The summed E-state index contributed by atoms with van der Waals surface area (Å²) < 4.78 is 13.6. The number of aromatic amines is 1. The normalized spacial score (nSPS) is 11.5. The van der Waals surface area contributed by atoms with Crippen molar-refractivity contribution in [1.82, 2.24) is 20.9 Å². The van der Waals surface area contributed by atoms with Gasteiger partial charge in [-0.05, 0) is 55.2 Å². The number of amides is 1. The second-order valence-corrected chi connectivity index (χ2v) is 7.26. The average molecular weight is 410 g/mol. The topological polar surface area (TPSA) is 81.3 Å². The fourth-order valence-corrected chi connectivity index (χ4v) is 3.24. The SMILES string of the molecule is CN=C(NCCNC(=O)c1ccc(C)c(F)c1)NCCc1c[nH]c2cc(C)ccc12. The molecule has 0 saturated carbocycles. The zero-order valence-electron chi connectivity index (χ0n) is 17.6. The number of fused-ring (bicyclic) bond motifs is 1. The van der Waals surface area contributed by atoms with Gasteiger partial charge in [0.25, 0.3) is 5.91 Å². The molecular weight excluding hydrogens is 381 g/mol. The number of rotatable bonds is 7. The Kier molecular flexibility index (Phi) is 7.06. The van der Waals surface area contributed by atoms with Gasteiger partial charge in [-0.2, -0.15) is 0 Å². The van der Waals surface area contributed by atoms with Crippen LogP contribution in [0.25, 0.3) is 10.9 Å². The molecule has 0 radical (unpaired) electrons. The molecule has 3 rings (SSSR count). The molecule has 2 aromatic carbocycles. The third-order valence-electron chi connectivity index (χ3n) is 4.97. The quantitative estimate of drug-likeness (QED) is 0.275. The Morgan fingerprint density at radius 3 is 2.57 bits per heavy atom. The number of aromatic nitrogens is 1. The van der Waals surface area contributed by atoms with E-state index in [-0.39, 0.29) is 11.7 Å². The third kappa shape index (κ3) is 5.37. The zero-order valence-corrected chi connectivity index (χ0v) is 17.6. The molecule has 0 saturated heterocycles. The first kappa shape index (κ1) is 21.4. The van der Waals surface area contributed by atoms with Gasteiger partial charge < -0.3 is 20.9 Å². The van der Waals surface area contributed by atoms with Crippen LogP contribution in [0.15, 0.2) is 47.6 Å². The fraction of sp³-hybridized carbons (Fsp3) is 0.304. The smallest absolute Gasteiger partial charge is 0.251 e. The molecule has 0 fully saturated rings. The molecule has 0 atom stereocenters. The number of hydrogen-bond acceptors (Lipinski definition) is 2. The number of nitrogens with one attached hydrogen (secondary N) is 4. The van der Waals surface area contributed by atoms with Crippen LogP contribution >= 0.6 is 0 Å². The zero-order chi connectivity index (χ0) is 21.5. The van der Waals surface area contributed by atoms with Gasteiger partial charge in [0.05, 0.1) is 0 Å². The van der Waals surface area contributed by atoms with Crippen molar-refractivity contribution in [2.24, 2.45) is 4.99 Å². The second-order valence-electron chi connectivity index (χ2n) is 7.26. The first-order valence-corrected chi connectivity index (χ1v) is 10.0. The third-order valence-corrected chi connectivity index (χ3v) is 4.97. The minimum absolute atomic E-state index is 0.298. The van der Waals surface area contributed by atoms with E-state index >= 15 is 0 Å². The summed E-state index contributed by atoms with van der Waals surface area (Å²) in [7, 11) is 1.71. The van der Waals surface area contributed by atoms with Crippen molar-refractivity contribution in [2.75, 3.05) is 26.7 Å². The standard InChI is InChI=1S/C23H28FN5O/c1-15-4-7-19-18(14-29-21(19)12-15)8-9-27-23(25-3)28-11-10-26-22(30)17-6-5-16(2)20(24)13-17/h4-7,12-14,29H,8-11H2,1-3H3,(H,26,30)(H2,25,27,28). The average Bonchev–Trinajstić information content (AvgIpc) is 3.13. The molecule has 158 valence electrons. The second kappa shape index (κ2) is 9.91. The van der Waals surface area contributed by atoms with Gasteiger partial charge in [-0.3, -0.25) is 9.79 Å². The highest BCUT2D eigenvalue weighted by Gasteiger charge is 2.08. The summed E-state index contributed by atoms with van der Waals surface area (Å²) in [6.07, 6.45) is 2.91. The summed E-state index contributed by atoms with van der Waals surface area (Å²) in [5, 5.41) is 10.5. The van der Waals surface area contributed by atoms with Crippen molar-refractivity contribution in [1.29, 1.82) is 0 Å². The molecule has 0 bridgehead atoms. The largest absolute Gasteiger partial charge is 0.361 e. The van der Waals surface area contributed by atoms with Gasteiger partial charge in [0.2, 0.25) is 0 Å². The number of aryl methyl sites for hydroxylation is 2. The number of benzene rings is 2. The maximum Gasteiger partial charge on any atom is 0.251 e. The van der Waals surface area contributed by atoms with Crippen LogP contribution in [-0.2, 0) is 6.42 Å². The number of nitrogens with zero attached hydrogens (tertiary/aromatic N) is 1. The van der Waals surface area contributed by atoms with E-state index in [9.17, 15) is 9.18 Å². The Balaban J connectivity index is 1.40. The Bertz CT molecular complexity index is 1060. The maximum atomic E-state index is 13.6. The maximum absolute atomic E-state index is 13.6. The molecule has 30 heavy (non-hydrogen) atoms. The molecule has 0 unspecified atom stereocenters. The van der Waals surface area contributed by atoms with Crippen LogP contribution in [0.3, 0.4) is 0 Å². The van der Waals surface area contributed by atoms with E-state index in [1.165, 1.54) is 22.6 Å². The predicted octanol–water partition coefficient (Wildman–Crippen LogP) is 3.06. The van der Waals surface area contributed by atoms with E-state index in [1.54, 1.807) is 26.1 Å². The summed E-state index contributed by atoms with van der Waals surface area (Å²) >= 11 is 0. The number of guanidine groups is 1. The van der Waals surface area contributed by atoms with E-state index in [1.807, 2.05) is 6.20 Å². The molecule has 0 aliphatic rings. The van der Waals surface area contributed by atoms with Crippen LogP contribution in [-0.4, -0.2) is 43.5 Å². The Morgan fingerprint density at radius 2 is 1.80 bits per heavy atom. The number of hydrogen-bond donors (Lipinski definition) is 4. The Hall–Kier alpha value is -3.35. The molecule has 1 aromatic heterocycles. The van der Waals surface area contributed by atoms with Gasteiger partial charge in [0.1, 0.15) is 5.82 Å². The summed E-state index contributed by atoms with van der Waals surface area (Å²) in [6.45, 7) is 5.39. The minimum atomic E-state index is -0.379. The Morgan fingerprint density at radius 1 is 1.03 bits per heavy atom. The number of aliphatic imine (C=N–C) groups is 1. The van der Waals surface area contributed by atoms with E-state index < -0.39 is 0 Å². The first-order valence-electron chi connectivity index (χ1n) is 10.0. The van der Waals surface area contributed by atoms with Gasteiger partial charge >= 0.3 is 0 Å². The molecule has 0 aliphatic heterocycles. The van der Waals surface area contributed by atoms with Crippen molar-refractivity contribution >= 4 is 22.8 Å². The predicted molar refractivity (Wildman–Crippen MR) is 120 cm³/mol. The van der Waals surface area contributed by atoms with E-state index in [0.717, 1.165) is 18.5 Å². The molecule has 0 spiro atoms. The summed E-state index contributed by atoms with van der Waals surface area (Å²) in [4.78, 5) is 19.6. The molecule has 3 aromatic rings. The minimum Gasteiger partial charge on any atom is -0.361 e. The van der Waals surface area contributed by atoms with Crippen molar-refractivity contribution in [3.63, 3.8) is 0 Å². The molecular formula is C23H28FN5O. The molecule has 0 aliphatic carbocycles. The van der Waals surface area contributed by atoms with Crippen LogP contribution in [0.5, 0.6) is 0 Å². The van der Waals surface area contributed by atoms with Crippen LogP contribution in [0, 0.1) is 19.7 Å². The van der Waals surface area contributed by atoms with Gasteiger partial charge in [-0.1, -0.05) is 18.2 Å². The van der Waals surface area contributed by atoms with E-state index in [0.29, 0.717) is 30.2 Å². The number of halogens is 1. The van der Waals surface area contributed by atoms with Crippen LogP contribution < -0.4 is 16.0 Å². The highest BCUT2D eigenvalue weighted by atomic mass is 19.1. The van der Waals surface area contributed by atoms with Crippen LogP contribution in [0.1, 0.15) is 27.0 Å². The molecule has 1 heterocycles. The Labute approximate surface area is 176 Å². The summed E-state index contributed by atoms with van der Waals surface area (Å²) in [6, 6.07) is 10.9. The lowest BCUT2D eigenvalue weighted by Crippen LogP contribution is -2.42. The lowest BCUT2D eigenvalue weighted by atomic mass is 10.1. The monoisotopic (exact) mass is 409 g/mol. The van der Waals surface area contributed by atoms with Crippen molar-refractivity contribution in [3.05, 3.63) is 70.7 Å². The lowest BCUT2D eigenvalue weighted by molar-refractivity contribution is 0.0954. The van der Waals surface area contributed by atoms with Crippen molar-refractivity contribution in [3.8, 4) is 0 Å². The molecule has 7 heteroatoms. The van der Waals surface area contributed by atoms with Crippen molar-refractivity contribution in [2.45, 2.75) is 20.3 Å². The number of carbonyl (C=O) groups excluding carboxylic acids is 1.